The van der Waals surface area contributed by atoms with Crippen LogP contribution in [0.25, 0.3) is 0 Å². The molecule has 9 nitrogen and oxygen atoms in total. The van der Waals surface area contributed by atoms with E-state index in [1.807, 2.05) is 33.3 Å². The van der Waals surface area contributed by atoms with Gasteiger partial charge in [-0.1, -0.05) is 283 Å². The summed E-state index contributed by atoms with van der Waals surface area (Å²) in [6.45, 7) is 6.89. The topological polar surface area (TPSA) is 114 Å². The number of ether oxygens (including phenoxy) is 1. The number of likely N-dealkylation sites (N-methyl/N-ethyl adjacent to an activating group) is 1. The maximum absolute atomic E-state index is 13.5. The lowest BCUT2D eigenvalue weighted by Crippen LogP contribution is -2.47. The molecular weight excluding hydrogens is 952 g/mol. The molecule has 1 amide bonds. The molecule has 0 fully saturated rings. The Balaban J connectivity index is 5.21. The molecule has 444 valence electrons. The molecule has 0 bridgehead atoms. The molecular formula is C65H127N2O7P. The SMILES string of the molecule is CCCCCCCC/C=C/CCCCCCCCCC(=O)NC(COP(=O)([O-])OCC[N+](C)(C)C)C(/C=C/CCCCCCCCCCCCC)OC(=O)CCCCCCCCCCCCCCCCCCCCC. The molecule has 0 heterocycles. The summed E-state index contributed by atoms with van der Waals surface area (Å²) in [6.07, 6.45) is 65.7. The second kappa shape index (κ2) is 55.8. The Morgan fingerprint density at radius 3 is 1.13 bits per heavy atom. The number of phosphoric acid groups is 1. The third-order valence-electron chi connectivity index (χ3n) is 14.9. The minimum absolute atomic E-state index is 0.0195. The Morgan fingerprint density at radius 1 is 0.453 bits per heavy atom. The first-order chi connectivity index (χ1) is 36.4. The number of esters is 1. The fourth-order valence-corrected chi connectivity index (χ4v) is 10.5. The molecule has 1 N–H and O–H groups in total. The third kappa shape index (κ3) is 57.0. The number of quaternary nitrogens is 1. The van der Waals surface area contributed by atoms with Gasteiger partial charge in [-0.05, 0) is 57.4 Å². The number of carbonyl (C=O) groups is 2. The van der Waals surface area contributed by atoms with Crippen LogP contribution in [0, 0.1) is 0 Å². The van der Waals surface area contributed by atoms with Gasteiger partial charge in [-0.3, -0.25) is 14.2 Å². The molecule has 0 aliphatic heterocycles. The summed E-state index contributed by atoms with van der Waals surface area (Å²) in [7, 11) is 1.20. The van der Waals surface area contributed by atoms with Crippen molar-refractivity contribution in [1.29, 1.82) is 0 Å². The van der Waals surface area contributed by atoms with E-state index in [0.717, 1.165) is 70.6 Å². The molecule has 10 heteroatoms. The van der Waals surface area contributed by atoms with E-state index in [1.165, 1.54) is 225 Å². The van der Waals surface area contributed by atoms with Crippen LogP contribution < -0.4 is 10.2 Å². The minimum atomic E-state index is -4.70. The number of nitrogens with one attached hydrogen (secondary N) is 1. The van der Waals surface area contributed by atoms with Gasteiger partial charge < -0.3 is 28.5 Å². The molecule has 75 heavy (non-hydrogen) atoms. The number of unbranched alkanes of at least 4 members (excludes halogenated alkanes) is 42. The number of hydrogen-bond acceptors (Lipinski definition) is 7. The highest BCUT2D eigenvalue weighted by Crippen LogP contribution is 2.38. The van der Waals surface area contributed by atoms with Crippen LogP contribution in [0.1, 0.15) is 329 Å². The van der Waals surface area contributed by atoms with Gasteiger partial charge in [0.25, 0.3) is 7.82 Å². The molecule has 0 spiro atoms. The van der Waals surface area contributed by atoms with E-state index in [2.05, 4.69) is 38.2 Å². The Bertz CT molecular complexity index is 1340. The van der Waals surface area contributed by atoms with Crippen LogP contribution in [0.3, 0.4) is 0 Å². The Morgan fingerprint density at radius 2 is 0.773 bits per heavy atom. The van der Waals surface area contributed by atoms with E-state index in [1.54, 1.807) is 0 Å². The number of nitrogens with zero attached hydrogens (tertiary/aromatic N) is 1. The highest BCUT2D eigenvalue weighted by Gasteiger charge is 2.27. The highest BCUT2D eigenvalue weighted by atomic mass is 31.2. The standard InChI is InChI=1S/C65H127N2O7P/c1-7-10-13-16-19-22-25-28-30-32-33-35-37-40-43-46-49-52-55-58-65(69)74-63(56-53-50-47-44-41-38-27-24-21-18-15-12-9-3)62(61-73-75(70,71)72-60-59-67(4,5)6)66-64(68)57-54-51-48-45-42-39-36-34-31-29-26-23-20-17-14-11-8-2/h29,31,53,56,62-63H,7-28,30,32-52,54-55,57-61H2,1-6H3,(H-,66,68,70,71)/b31-29+,56-53+. The zero-order valence-electron chi connectivity index (χ0n) is 50.8. The maximum Gasteiger partial charge on any atom is 0.306 e. The fraction of sp³-hybridized carbons (Fsp3) is 0.908. The number of hydrogen-bond donors (Lipinski definition) is 1. The quantitative estimate of drug-likeness (QED) is 0.0212. The molecule has 0 aliphatic carbocycles. The lowest BCUT2D eigenvalue weighted by atomic mass is 10.0. The summed E-state index contributed by atoms with van der Waals surface area (Å²) < 4.78 is 30.4. The molecule has 0 aliphatic rings. The van der Waals surface area contributed by atoms with Crippen LogP contribution >= 0.6 is 7.82 Å². The summed E-state index contributed by atoms with van der Waals surface area (Å²) in [5.74, 6) is -0.527. The molecule has 0 aromatic carbocycles. The summed E-state index contributed by atoms with van der Waals surface area (Å²) >= 11 is 0. The van der Waals surface area contributed by atoms with Crippen molar-refractivity contribution in [2.24, 2.45) is 0 Å². The predicted molar refractivity (Wildman–Crippen MR) is 321 cm³/mol. The van der Waals surface area contributed by atoms with Crippen molar-refractivity contribution >= 4 is 19.7 Å². The Labute approximate surface area is 466 Å². The second-order valence-corrected chi connectivity index (χ2v) is 25.0. The first kappa shape index (κ1) is 73.5. The van der Waals surface area contributed by atoms with Crippen molar-refractivity contribution in [2.75, 3.05) is 40.9 Å². The van der Waals surface area contributed by atoms with Gasteiger partial charge >= 0.3 is 5.97 Å². The average Bonchev–Trinajstić information content (AvgIpc) is 3.37. The normalized spacial score (nSPS) is 13.7. The van der Waals surface area contributed by atoms with Crippen molar-refractivity contribution in [3.05, 3.63) is 24.3 Å². The van der Waals surface area contributed by atoms with E-state index in [9.17, 15) is 19.0 Å². The van der Waals surface area contributed by atoms with Crippen LogP contribution in [-0.4, -0.2) is 69.4 Å². The van der Waals surface area contributed by atoms with Crippen molar-refractivity contribution in [3.63, 3.8) is 0 Å². The number of phosphoric ester groups is 1. The molecule has 3 unspecified atom stereocenters. The Hall–Kier alpha value is -1.51. The van der Waals surface area contributed by atoms with Gasteiger partial charge in [-0.25, -0.2) is 0 Å². The van der Waals surface area contributed by atoms with Crippen molar-refractivity contribution in [3.8, 4) is 0 Å². The molecule has 0 rings (SSSR count). The van der Waals surface area contributed by atoms with Gasteiger partial charge in [0.1, 0.15) is 19.3 Å². The summed E-state index contributed by atoms with van der Waals surface area (Å²) in [5.41, 5.74) is 0. The summed E-state index contributed by atoms with van der Waals surface area (Å²) in [4.78, 5) is 40.0. The molecule has 0 saturated carbocycles. The number of amides is 1. The maximum atomic E-state index is 13.5. The fourth-order valence-electron chi connectivity index (χ4n) is 9.81. The van der Waals surface area contributed by atoms with Crippen molar-refractivity contribution in [2.45, 2.75) is 341 Å². The van der Waals surface area contributed by atoms with Crippen LogP contribution in [0.4, 0.5) is 0 Å². The zero-order chi connectivity index (χ0) is 55.0. The van der Waals surface area contributed by atoms with Gasteiger partial charge in [0.05, 0.1) is 33.8 Å². The average molecular weight is 1080 g/mol. The van der Waals surface area contributed by atoms with Crippen LogP contribution in [-0.2, 0) is 27.9 Å². The van der Waals surface area contributed by atoms with Crippen LogP contribution in [0.15, 0.2) is 24.3 Å². The predicted octanol–water partition coefficient (Wildman–Crippen LogP) is 19.5. The second-order valence-electron chi connectivity index (χ2n) is 23.6. The smallest absolute Gasteiger partial charge is 0.306 e. The number of carbonyl (C=O) groups excluding carboxylic acids is 2. The largest absolute Gasteiger partial charge is 0.756 e. The molecule has 0 aromatic heterocycles. The number of allylic oxidation sites excluding steroid dienone is 3. The zero-order valence-corrected chi connectivity index (χ0v) is 51.7. The van der Waals surface area contributed by atoms with E-state index in [-0.39, 0.29) is 31.5 Å². The van der Waals surface area contributed by atoms with Crippen LogP contribution in [0.2, 0.25) is 0 Å². The molecule has 0 radical (unpaired) electrons. The van der Waals surface area contributed by atoms with Crippen molar-refractivity contribution < 1.29 is 37.3 Å². The van der Waals surface area contributed by atoms with Gasteiger partial charge in [0.2, 0.25) is 5.91 Å². The highest BCUT2D eigenvalue weighted by molar-refractivity contribution is 7.45. The van der Waals surface area contributed by atoms with E-state index in [0.29, 0.717) is 17.4 Å². The van der Waals surface area contributed by atoms with Gasteiger partial charge in [-0.15, -0.1) is 0 Å². The van der Waals surface area contributed by atoms with Gasteiger partial charge in [0.15, 0.2) is 0 Å². The van der Waals surface area contributed by atoms with Crippen LogP contribution in [0.5, 0.6) is 0 Å². The lowest BCUT2D eigenvalue weighted by Gasteiger charge is -2.30. The molecule has 0 saturated heterocycles. The first-order valence-corrected chi connectivity index (χ1v) is 34.1. The van der Waals surface area contributed by atoms with Gasteiger partial charge in [-0.2, -0.15) is 0 Å². The summed E-state index contributed by atoms with van der Waals surface area (Å²) in [5, 5.41) is 3.04. The van der Waals surface area contributed by atoms with E-state index < -0.39 is 20.0 Å². The first-order valence-electron chi connectivity index (χ1n) is 32.6. The van der Waals surface area contributed by atoms with E-state index in [4.69, 9.17) is 13.8 Å². The number of rotatable bonds is 60. The van der Waals surface area contributed by atoms with Gasteiger partial charge in [0, 0.05) is 12.8 Å². The monoisotopic (exact) mass is 1080 g/mol. The lowest BCUT2D eigenvalue weighted by molar-refractivity contribution is -0.870. The minimum Gasteiger partial charge on any atom is -0.756 e. The van der Waals surface area contributed by atoms with Crippen molar-refractivity contribution in [1.82, 2.24) is 5.32 Å². The summed E-state index contributed by atoms with van der Waals surface area (Å²) in [6, 6.07) is -0.885. The third-order valence-corrected chi connectivity index (χ3v) is 15.8. The Kier molecular flexibility index (Phi) is 54.7. The molecule has 3 atom stereocenters. The molecule has 0 aromatic rings. The van der Waals surface area contributed by atoms with E-state index >= 15 is 0 Å².